The number of hydrogen-bond donors (Lipinski definition) is 1. The summed E-state index contributed by atoms with van der Waals surface area (Å²) in [6.07, 6.45) is -1.06. The minimum atomic E-state index is -4.51. The van der Waals surface area contributed by atoms with Crippen LogP contribution in [0.2, 0.25) is 5.02 Å². The Balaban J connectivity index is 1.91. The minimum Gasteiger partial charge on any atom is -0.443 e. The Morgan fingerprint density at radius 2 is 1.97 bits per heavy atom. The summed E-state index contributed by atoms with van der Waals surface area (Å²) in [5, 5.41) is 3.52. The van der Waals surface area contributed by atoms with Gasteiger partial charge in [0.05, 0.1) is 17.1 Å². The third kappa shape index (κ3) is 7.03. The SMILES string of the molecule is C=C/C(=C\N=C(C)Oc1ccc(CCNc2ncnc(CCl)c2Cl)cc1)C(F)(F)F. The van der Waals surface area contributed by atoms with Gasteiger partial charge in [0.25, 0.3) is 0 Å². The van der Waals surface area contributed by atoms with Crippen molar-refractivity contribution in [3.8, 4) is 5.75 Å². The van der Waals surface area contributed by atoms with Gasteiger partial charge in [0.1, 0.15) is 22.9 Å². The van der Waals surface area contributed by atoms with Crippen LogP contribution in [0.1, 0.15) is 18.2 Å². The molecule has 1 heterocycles. The molecular formula is C20H19Cl2F3N4O. The second-order valence-corrected chi connectivity index (χ2v) is 6.62. The van der Waals surface area contributed by atoms with Crippen molar-refractivity contribution in [3.63, 3.8) is 0 Å². The van der Waals surface area contributed by atoms with E-state index in [0.29, 0.717) is 47.5 Å². The number of nitrogens with one attached hydrogen (secondary N) is 1. The Labute approximate surface area is 182 Å². The standard InChI is InChI=1S/C20H19Cl2F3N4O/c1-3-15(20(23,24)25)11-27-13(2)30-16-6-4-14(5-7-16)8-9-26-19-18(22)17(10-21)28-12-29-19/h3-7,11-12H,1,8-10H2,2H3,(H,26,28,29)/b15-11+,27-13?. The second kappa shape index (κ2) is 11.0. The Hall–Kier alpha value is -2.58. The van der Waals surface area contributed by atoms with Crippen LogP contribution < -0.4 is 10.1 Å². The molecule has 0 aliphatic rings. The molecule has 0 aliphatic carbocycles. The number of ether oxygens (including phenoxy) is 1. The molecule has 0 fully saturated rings. The molecule has 10 heteroatoms. The van der Waals surface area contributed by atoms with Crippen LogP contribution in [-0.4, -0.2) is 28.6 Å². The summed E-state index contributed by atoms with van der Waals surface area (Å²) >= 11 is 11.9. The van der Waals surface area contributed by atoms with Gasteiger partial charge in [-0.2, -0.15) is 13.2 Å². The molecule has 1 N–H and O–H groups in total. The second-order valence-electron chi connectivity index (χ2n) is 5.97. The summed E-state index contributed by atoms with van der Waals surface area (Å²) in [6, 6.07) is 7.10. The first kappa shape index (κ1) is 23.7. The number of halogens is 5. The maximum Gasteiger partial charge on any atom is 0.417 e. The zero-order valence-electron chi connectivity index (χ0n) is 16.0. The van der Waals surface area contributed by atoms with E-state index in [1.165, 1.54) is 13.3 Å². The van der Waals surface area contributed by atoms with Crippen molar-refractivity contribution in [1.29, 1.82) is 0 Å². The summed E-state index contributed by atoms with van der Waals surface area (Å²) in [5.74, 6) is 1.24. The van der Waals surface area contributed by atoms with Crippen LogP contribution in [0.3, 0.4) is 0 Å². The molecule has 0 aliphatic heterocycles. The van der Waals surface area contributed by atoms with Gasteiger partial charge >= 0.3 is 6.18 Å². The fraction of sp³-hybridized carbons (Fsp3) is 0.250. The molecule has 0 unspecified atom stereocenters. The average Bonchev–Trinajstić information content (AvgIpc) is 2.70. The molecule has 2 rings (SSSR count). The molecule has 5 nitrogen and oxygen atoms in total. The molecule has 0 radical (unpaired) electrons. The number of aliphatic imine (C=N–C) groups is 1. The first-order valence-electron chi connectivity index (χ1n) is 8.74. The van der Waals surface area contributed by atoms with Gasteiger partial charge in [0.15, 0.2) is 5.90 Å². The topological polar surface area (TPSA) is 59.4 Å². The van der Waals surface area contributed by atoms with Crippen molar-refractivity contribution in [2.24, 2.45) is 4.99 Å². The highest BCUT2D eigenvalue weighted by molar-refractivity contribution is 6.34. The Kier molecular flexibility index (Phi) is 8.68. The van der Waals surface area contributed by atoms with Gasteiger partial charge in [0.2, 0.25) is 0 Å². The van der Waals surface area contributed by atoms with Crippen molar-refractivity contribution >= 4 is 34.9 Å². The van der Waals surface area contributed by atoms with E-state index in [-0.39, 0.29) is 11.8 Å². The molecule has 0 atom stereocenters. The largest absolute Gasteiger partial charge is 0.443 e. The number of benzene rings is 1. The molecule has 0 saturated heterocycles. The van der Waals surface area contributed by atoms with E-state index in [1.54, 1.807) is 12.1 Å². The van der Waals surface area contributed by atoms with Gasteiger partial charge in [-0.05, 0) is 24.1 Å². The predicted molar refractivity (Wildman–Crippen MR) is 113 cm³/mol. The Morgan fingerprint density at radius 3 is 2.57 bits per heavy atom. The van der Waals surface area contributed by atoms with Gasteiger partial charge in [-0.15, -0.1) is 11.6 Å². The molecule has 2 aromatic rings. The van der Waals surface area contributed by atoms with Crippen LogP contribution in [0.5, 0.6) is 5.75 Å². The van der Waals surface area contributed by atoms with Crippen molar-refractivity contribution < 1.29 is 17.9 Å². The lowest BCUT2D eigenvalue weighted by molar-refractivity contribution is -0.0883. The van der Waals surface area contributed by atoms with Crippen LogP contribution in [-0.2, 0) is 12.3 Å². The highest BCUT2D eigenvalue weighted by Crippen LogP contribution is 2.26. The third-order valence-corrected chi connectivity index (χ3v) is 4.47. The third-order valence-electron chi connectivity index (χ3n) is 3.82. The highest BCUT2D eigenvalue weighted by atomic mass is 35.5. The normalized spacial score (nSPS) is 12.6. The highest BCUT2D eigenvalue weighted by Gasteiger charge is 2.31. The first-order chi connectivity index (χ1) is 14.2. The average molecular weight is 459 g/mol. The number of hydrogen-bond acceptors (Lipinski definition) is 5. The number of allylic oxidation sites excluding steroid dienone is 2. The summed E-state index contributed by atoms with van der Waals surface area (Å²) < 4.78 is 43.3. The van der Waals surface area contributed by atoms with E-state index in [9.17, 15) is 13.2 Å². The van der Waals surface area contributed by atoms with Crippen molar-refractivity contribution in [2.45, 2.75) is 25.4 Å². The smallest absolute Gasteiger partial charge is 0.417 e. The van der Waals surface area contributed by atoms with Crippen molar-refractivity contribution in [2.75, 3.05) is 11.9 Å². The summed E-state index contributed by atoms with van der Waals surface area (Å²) in [5.41, 5.74) is 0.619. The molecule has 1 aromatic heterocycles. The minimum absolute atomic E-state index is 0.0708. The number of rotatable bonds is 8. The van der Waals surface area contributed by atoms with E-state index < -0.39 is 11.7 Å². The fourth-order valence-electron chi connectivity index (χ4n) is 2.27. The van der Waals surface area contributed by atoms with E-state index in [2.05, 4.69) is 26.9 Å². The molecule has 30 heavy (non-hydrogen) atoms. The zero-order chi connectivity index (χ0) is 22.1. The molecule has 0 bridgehead atoms. The van der Waals surface area contributed by atoms with Crippen molar-refractivity contribution in [3.05, 3.63) is 71.3 Å². The maximum absolute atomic E-state index is 12.6. The van der Waals surface area contributed by atoms with Crippen LogP contribution in [0.15, 0.2) is 60.0 Å². The molecule has 1 aromatic carbocycles. The molecule has 0 amide bonds. The molecule has 0 spiro atoms. The lowest BCUT2D eigenvalue weighted by Crippen LogP contribution is -2.10. The van der Waals surface area contributed by atoms with Crippen molar-refractivity contribution in [1.82, 2.24) is 9.97 Å². The summed E-state index contributed by atoms with van der Waals surface area (Å²) in [7, 11) is 0. The monoisotopic (exact) mass is 458 g/mol. The molecule has 160 valence electrons. The molecular weight excluding hydrogens is 440 g/mol. The van der Waals surface area contributed by atoms with E-state index in [1.807, 2.05) is 12.1 Å². The molecule has 0 saturated carbocycles. The zero-order valence-corrected chi connectivity index (χ0v) is 17.5. The van der Waals surface area contributed by atoms with Gasteiger partial charge in [-0.3, -0.25) is 0 Å². The van der Waals surface area contributed by atoms with Gasteiger partial charge in [-0.25, -0.2) is 15.0 Å². The van der Waals surface area contributed by atoms with Crippen LogP contribution in [0.4, 0.5) is 19.0 Å². The van der Waals surface area contributed by atoms with Crippen LogP contribution in [0, 0.1) is 0 Å². The lowest BCUT2D eigenvalue weighted by atomic mass is 10.1. The number of anilines is 1. The number of alkyl halides is 4. The van der Waals surface area contributed by atoms with Gasteiger partial charge in [-0.1, -0.05) is 36.4 Å². The van der Waals surface area contributed by atoms with Crippen LogP contribution >= 0.6 is 23.2 Å². The van der Waals surface area contributed by atoms with E-state index in [4.69, 9.17) is 27.9 Å². The summed E-state index contributed by atoms with van der Waals surface area (Å²) in [4.78, 5) is 11.8. The van der Waals surface area contributed by atoms with E-state index >= 15 is 0 Å². The predicted octanol–water partition coefficient (Wildman–Crippen LogP) is 5.95. The number of nitrogens with zero attached hydrogens (tertiary/aromatic N) is 3. The van der Waals surface area contributed by atoms with Crippen LogP contribution in [0.25, 0.3) is 0 Å². The van der Waals surface area contributed by atoms with E-state index in [0.717, 1.165) is 5.56 Å². The number of aromatic nitrogens is 2. The Bertz CT molecular complexity index is 929. The quantitative estimate of drug-likeness (QED) is 0.229. The maximum atomic E-state index is 12.6. The van der Waals surface area contributed by atoms with Gasteiger partial charge in [0, 0.05) is 19.7 Å². The first-order valence-corrected chi connectivity index (χ1v) is 9.66. The van der Waals surface area contributed by atoms with Gasteiger partial charge < -0.3 is 10.1 Å². The lowest BCUT2D eigenvalue weighted by Gasteiger charge is -2.09. The summed E-state index contributed by atoms with van der Waals surface area (Å²) in [6.45, 7) is 5.17. The fourth-order valence-corrected chi connectivity index (χ4v) is 2.77. The Morgan fingerprint density at radius 1 is 1.27 bits per heavy atom.